The van der Waals surface area contributed by atoms with Crippen molar-refractivity contribution in [3.8, 4) is 0 Å². The Morgan fingerprint density at radius 2 is 2.08 bits per heavy atom. The molecule has 3 rings (SSSR count). The standard InChI is InChI=1S/C18H31N5O/c1-4-23-8-7-22(14-18(23,2)3)13-15-10-19-17(20-11-15)21-12-16-6-5-9-24-16/h10-11,16H,4-9,12-14H2,1-3H3,(H,19,20,21)/t16-/m1/s1. The molecule has 0 spiro atoms. The van der Waals surface area contributed by atoms with Crippen LogP contribution in [0.5, 0.6) is 0 Å². The van der Waals surface area contributed by atoms with Gasteiger partial charge in [0.1, 0.15) is 0 Å². The van der Waals surface area contributed by atoms with Crippen LogP contribution < -0.4 is 5.32 Å². The zero-order valence-electron chi connectivity index (χ0n) is 15.3. The summed E-state index contributed by atoms with van der Waals surface area (Å²) in [6, 6.07) is 0. The zero-order chi connectivity index (χ0) is 17.0. The van der Waals surface area contributed by atoms with Gasteiger partial charge in [0.25, 0.3) is 0 Å². The summed E-state index contributed by atoms with van der Waals surface area (Å²) in [7, 11) is 0. The Morgan fingerprint density at radius 3 is 2.71 bits per heavy atom. The summed E-state index contributed by atoms with van der Waals surface area (Å²) in [5, 5.41) is 3.28. The lowest BCUT2D eigenvalue weighted by Gasteiger charge is -2.46. The number of aromatic nitrogens is 2. The smallest absolute Gasteiger partial charge is 0.222 e. The maximum atomic E-state index is 5.61. The summed E-state index contributed by atoms with van der Waals surface area (Å²) >= 11 is 0. The molecular formula is C18H31N5O. The van der Waals surface area contributed by atoms with Gasteiger partial charge in [-0.15, -0.1) is 0 Å². The second kappa shape index (κ2) is 7.76. The van der Waals surface area contributed by atoms with Crippen LogP contribution in [0.4, 0.5) is 5.95 Å². The van der Waals surface area contributed by atoms with Crippen molar-refractivity contribution in [2.75, 3.05) is 44.6 Å². The van der Waals surface area contributed by atoms with Crippen molar-refractivity contribution in [2.24, 2.45) is 0 Å². The van der Waals surface area contributed by atoms with E-state index >= 15 is 0 Å². The Labute approximate surface area is 145 Å². The number of ether oxygens (including phenoxy) is 1. The van der Waals surface area contributed by atoms with E-state index in [0.717, 1.165) is 58.7 Å². The molecule has 2 aliphatic rings. The molecule has 0 amide bonds. The Morgan fingerprint density at radius 1 is 1.29 bits per heavy atom. The molecule has 0 bridgehead atoms. The molecule has 2 aliphatic heterocycles. The van der Waals surface area contributed by atoms with Crippen LogP contribution in [0.1, 0.15) is 39.2 Å². The van der Waals surface area contributed by atoms with Crippen molar-refractivity contribution < 1.29 is 4.74 Å². The molecule has 3 heterocycles. The van der Waals surface area contributed by atoms with Crippen LogP contribution in [0.2, 0.25) is 0 Å². The molecule has 0 radical (unpaired) electrons. The lowest BCUT2D eigenvalue weighted by Crippen LogP contribution is -2.58. The highest BCUT2D eigenvalue weighted by molar-refractivity contribution is 5.25. The number of hydrogen-bond acceptors (Lipinski definition) is 6. The quantitative estimate of drug-likeness (QED) is 0.859. The average molecular weight is 333 g/mol. The molecule has 0 unspecified atom stereocenters. The van der Waals surface area contributed by atoms with E-state index in [4.69, 9.17) is 4.74 Å². The van der Waals surface area contributed by atoms with Gasteiger partial charge in [0.05, 0.1) is 6.10 Å². The Hall–Kier alpha value is -1.24. The molecule has 24 heavy (non-hydrogen) atoms. The number of anilines is 1. The van der Waals surface area contributed by atoms with Crippen LogP contribution in [0, 0.1) is 0 Å². The monoisotopic (exact) mass is 333 g/mol. The van der Waals surface area contributed by atoms with E-state index < -0.39 is 0 Å². The maximum absolute atomic E-state index is 5.61. The van der Waals surface area contributed by atoms with Gasteiger partial charge in [-0.1, -0.05) is 6.92 Å². The molecule has 1 aromatic rings. The number of nitrogens with zero attached hydrogens (tertiary/aromatic N) is 4. The summed E-state index contributed by atoms with van der Waals surface area (Å²) < 4.78 is 5.61. The second-order valence-electron chi connectivity index (χ2n) is 7.53. The van der Waals surface area contributed by atoms with Gasteiger partial charge in [-0.25, -0.2) is 9.97 Å². The van der Waals surface area contributed by atoms with Crippen molar-refractivity contribution >= 4 is 5.95 Å². The molecule has 2 fully saturated rings. The third-order valence-electron chi connectivity index (χ3n) is 5.16. The van der Waals surface area contributed by atoms with E-state index in [2.05, 4.69) is 45.9 Å². The van der Waals surface area contributed by atoms with Gasteiger partial charge in [0.2, 0.25) is 5.95 Å². The first kappa shape index (κ1) is 17.6. The minimum absolute atomic E-state index is 0.233. The van der Waals surface area contributed by atoms with Crippen molar-refractivity contribution in [2.45, 2.75) is 51.8 Å². The fourth-order valence-corrected chi connectivity index (χ4v) is 3.81. The third kappa shape index (κ3) is 4.43. The zero-order valence-corrected chi connectivity index (χ0v) is 15.3. The first-order valence-corrected chi connectivity index (χ1v) is 9.20. The number of nitrogens with one attached hydrogen (secondary N) is 1. The highest BCUT2D eigenvalue weighted by Gasteiger charge is 2.32. The minimum Gasteiger partial charge on any atom is -0.376 e. The van der Waals surface area contributed by atoms with Crippen molar-refractivity contribution in [3.05, 3.63) is 18.0 Å². The lowest BCUT2D eigenvalue weighted by atomic mass is 9.98. The van der Waals surface area contributed by atoms with Gasteiger partial charge in [-0.2, -0.15) is 0 Å². The van der Waals surface area contributed by atoms with E-state index in [1.54, 1.807) is 0 Å². The summed E-state index contributed by atoms with van der Waals surface area (Å²) in [6.45, 7) is 14.0. The van der Waals surface area contributed by atoms with Crippen LogP contribution >= 0.6 is 0 Å². The van der Waals surface area contributed by atoms with Gasteiger partial charge in [0.15, 0.2) is 0 Å². The predicted octanol–water partition coefficient (Wildman–Crippen LogP) is 1.98. The predicted molar refractivity (Wildman–Crippen MR) is 96.1 cm³/mol. The van der Waals surface area contributed by atoms with Gasteiger partial charge in [-0.05, 0) is 33.2 Å². The second-order valence-corrected chi connectivity index (χ2v) is 7.53. The number of rotatable bonds is 6. The molecule has 0 aliphatic carbocycles. The largest absolute Gasteiger partial charge is 0.376 e. The molecule has 0 aromatic carbocycles. The molecule has 6 nitrogen and oxygen atoms in total. The van der Waals surface area contributed by atoms with Crippen molar-refractivity contribution in [1.29, 1.82) is 0 Å². The van der Waals surface area contributed by atoms with Crippen molar-refractivity contribution in [1.82, 2.24) is 19.8 Å². The molecule has 0 saturated carbocycles. The van der Waals surface area contributed by atoms with Crippen LogP contribution in [0.3, 0.4) is 0 Å². The maximum Gasteiger partial charge on any atom is 0.222 e. The van der Waals surface area contributed by atoms with E-state index in [1.165, 1.54) is 5.56 Å². The van der Waals surface area contributed by atoms with E-state index in [-0.39, 0.29) is 5.54 Å². The Kier molecular flexibility index (Phi) is 5.69. The van der Waals surface area contributed by atoms with Crippen LogP contribution in [0.25, 0.3) is 0 Å². The van der Waals surface area contributed by atoms with Crippen LogP contribution in [-0.2, 0) is 11.3 Å². The molecule has 1 aromatic heterocycles. The van der Waals surface area contributed by atoms with E-state index in [1.807, 2.05) is 12.4 Å². The summed E-state index contributed by atoms with van der Waals surface area (Å²) in [5.41, 5.74) is 1.41. The number of hydrogen-bond donors (Lipinski definition) is 1. The van der Waals surface area contributed by atoms with Gasteiger partial charge in [-0.3, -0.25) is 9.80 Å². The Bertz CT molecular complexity index is 513. The molecule has 6 heteroatoms. The topological polar surface area (TPSA) is 53.5 Å². The van der Waals surface area contributed by atoms with E-state index in [9.17, 15) is 0 Å². The summed E-state index contributed by atoms with van der Waals surface area (Å²) in [4.78, 5) is 14.0. The first-order valence-electron chi connectivity index (χ1n) is 9.20. The third-order valence-corrected chi connectivity index (χ3v) is 5.16. The van der Waals surface area contributed by atoms with Crippen LogP contribution in [-0.4, -0.2) is 70.7 Å². The highest BCUT2D eigenvalue weighted by atomic mass is 16.5. The van der Waals surface area contributed by atoms with Crippen LogP contribution in [0.15, 0.2) is 12.4 Å². The lowest BCUT2D eigenvalue weighted by molar-refractivity contribution is 0.0201. The molecule has 1 atom stereocenters. The minimum atomic E-state index is 0.233. The SMILES string of the molecule is CCN1CCN(Cc2cnc(NC[C@H]3CCCO3)nc2)CC1(C)C. The van der Waals surface area contributed by atoms with Crippen molar-refractivity contribution in [3.63, 3.8) is 0 Å². The molecule has 2 saturated heterocycles. The molecular weight excluding hydrogens is 302 g/mol. The van der Waals surface area contributed by atoms with Gasteiger partial charge >= 0.3 is 0 Å². The normalized spacial score (nSPS) is 25.0. The molecule has 134 valence electrons. The average Bonchev–Trinajstić information content (AvgIpc) is 3.07. The highest BCUT2D eigenvalue weighted by Crippen LogP contribution is 2.21. The van der Waals surface area contributed by atoms with Gasteiger partial charge < -0.3 is 10.1 Å². The summed E-state index contributed by atoms with van der Waals surface area (Å²) in [6.07, 6.45) is 6.50. The number of piperazine rings is 1. The fraction of sp³-hybridized carbons (Fsp3) is 0.778. The first-order chi connectivity index (χ1) is 11.6. The fourth-order valence-electron chi connectivity index (χ4n) is 3.81. The number of likely N-dealkylation sites (N-methyl/N-ethyl adjacent to an activating group) is 1. The summed E-state index contributed by atoms with van der Waals surface area (Å²) in [5.74, 6) is 0.699. The van der Waals surface area contributed by atoms with Gasteiger partial charge in [0, 0.05) is 62.8 Å². The van der Waals surface area contributed by atoms with E-state index in [0.29, 0.717) is 12.1 Å². The molecule has 1 N–H and O–H groups in total. The Balaban J connectivity index is 1.49.